The Morgan fingerprint density at radius 2 is 1.78 bits per heavy atom. The number of hydrogen-bond acceptors (Lipinski definition) is 7. The summed E-state index contributed by atoms with van der Waals surface area (Å²) in [5.74, 6) is -1.87. The van der Waals surface area contributed by atoms with E-state index in [1.54, 1.807) is 41.8 Å². The first-order chi connectivity index (χ1) is 17.3. The Kier molecular flexibility index (Phi) is 4.90. The number of phenols is 1. The third-order valence-corrected chi connectivity index (χ3v) is 7.34. The number of aliphatic hydroxyl groups excluding tert-OH is 1. The summed E-state index contributed by atoms with van der Waals surface area (Å²) in [5, 5.41) is 21.8. The van der Waals surface area contributed by atoms with Crippen LogP contribution >= 0.6 is 11.3 Å². The number of thiazole rings is 1. The number of nitrogens with zero attached hydrogens (tertiary/aromatic N) is 4. The van der Waals surface area contributed by atoms with Crippen molar-refractivity contribution < 1.29 is 19.8 Å². The first kappa shape index (κ1) is 22.0. The van der Waals surface area contributed by atoms with Crippen molar-refractivity contribution in [3.8, 4) is 5.75 Å². The number of phenolic OH excluding ortho intramolecular Hbond substituents is 1. The van der Waals surface area contributed by atoms with Crippen LogP contribution < -0.4 is 4.90 Å². The molecule has 1 aliphatic rings. The third-order valence-electron chi connectivity index (χ3n) is 6.32. The van der Waals surface area contributed by atoms with Gasteiger partial charge in [0.1, 0.15) is 17.1 Å². The second-order valence-corrected chi connectivity index (χ2v) is 9.71. The van der Waals surface area contributed by atoms with Gasteiger partial charge in [0.2, 0.25) is 0 Å². The summed E-state index contributed by atoms with van der Waals surface area (Å²) >= 11 is 1.30. The minimum absolute atomic E-state index is 0.0452. The third kappa shape index (κ3) is 3.28. The highest BCUT2D eigenvalue weighted by Gasteiger charge is 2.48. The van der Waals surface area contributed by atoms with Crippen LogP contribution in [-0.2, 0) is 9.59 Å². The van der Waals surface area contributed by atoms with Gasteiger partial charge in [-0.15, -0.1) is 0 Å². The van der Waals surface area contributed by atoms with Crippen molar-refractivity contribution in [3.63, 3.8) is 0 Å². The number of amides is 1. The lowest BCUT2D eigenvalue weighted by atomic mass is 9.96. The molecule has 3 aromatic heterocycles. The van der Waals surface area contributed by atoms with E-state index in [9.17, 15) is 19.8 Å². The van der Waals surface area contributed by atoms with E-state index in [4.69, 9.17) is 0 Å². The van der Waals surface area contributed by atoms with Gasteiger partial charge in [-0.3, -0.25) is 18.9 Å². The molecule has 0 bridgehead atoms. The van der Waals surface area contributed by atoms with E-state index in [2.05, 4.69) is 9.97 Å². The normalized spacial score (nSPS) is 17.5. The summed E-state index contributed by atoms with van der Waals surface area (Å²) < 4.78 is 2.57. The Bertz CT molecular complexity index is 1730. The van der Waals surface area contributed by atoms with Crippen LogP contribution in [0, 0.1) is 13.8 Å². The number of carbonyl (C=O) groups is 2. The van der Waals surface area contributed by atoms with Crippen LogP contribution in [0.1, 0.15) is 28.6 Å². The molecule has 36 heavy (non-hydrogen) atoms. The van der Waals surface area contributed by atoms with Crippen molar-refractivity contribution in [1.82, 2.24) is 14.4 Å². The molecule has 0 saturated carbocycles. The molecule has 1 aliphatic heterocycles. The fourth-order valence-corrected chi connectivity index (χ4v) is 5.74. The smallest absolute Gasteiger partial charge is 0.301 e. The summed E-state index contributed by atoms with van der Waals surface area (Å²) in [6.45, 7) is 3.71. The van der Waals surface area contributed by atoms with Crippen LogP contribution in [0.25, 0.3) is 21.6 Å². The molecular formula is C27H20N4O4S. The zero-order chi connectivity index (χ0) is 25.1. The number of ketones is 1. The maximum Gasteiger partial charge on any atom is 0.301 e. The molecule has 8 nitrogen and oxygen atoms in total. The van der Waals surface area contributed by atoms with Crippen molar-refractivity contribution in [2.45, 2.75) is 19.9 Å². The van der Waals surface area contributed by atoms with Gasteiger partial charge in [-0.25, -0.2) is 9.97 Å². The minimum Gasteiger partial charge on any atom is -0.508 e. The lowest BCUT2D eigenvalue weighted by Crippen LogP contribution is -2.29. The molecular weight excluding hydrogens is 476 g/mol. The SMILES string of the molecule is Cc1ccc2nc(N3C(=O)C(=O)/C(=C(/O)c4c(C)nc5ccccn45)C3c3ccc(O)cc3)sc2c1. The summed E-state index contributed by atoms with van der Waals surface area (Å²) in [6.07, 6.45) is 1.74. The van der Waals surface area contributed by atoms with E-state index in [0.29, 0.717) is 33.2 Å². The molecule has 0 radical (unpaired) electrons. The average molecular weight is 497 g/mol. The van der Waals surface area contributed by atoms with E-state index >= 15 is 0 Å². The summed E-state index contributed by atoms with van der Waals surface area (Å²) in [7, 11) is 0. The van der Waals surface area contributed by atoms with Crippen LogP contribution in [-0.4, -0.2) is 36.3 Å². The van der Waals surface area contributed by atoms with Crippen molar-refractivity contribution in [2.24, 2.45) is 0 Å². The average Bonchev–Trinajstić information content (AvgIpc) is 3.50. The maximum absolute atomic E-state index is 13.5. The second-order valence-electron chi connectivity index (χ2n) is 8.70. The van der Waals surface area contributed by atoms with E-state index in [1.807, 2.05) is 31.2 Å². The predicted octanol–water partition coefficient (Wildman–Crippen LogP) is 4.89. The molecule has 1 unspecified atom stereocenters. The van der Waals surface area contributed by atoms with Gasteiger partial charge in [0, 0.05) is 6.20 Å². The molecule has 1 atom stereocenters. The predicted molar refractivity (Wildman–Crippen MR) is 137 cm³/mol. The highest BCUT2D eigenvalue weighted by atomic mass is 32.1. The summed E-state index contributed by atoms with van der Waals surface area (Å²) in [5.41, 5.74) is 3.72. The molecule has 4 heterocycles. The summed E-state index contributed by atoms with van der Waals surface area (Å²) in [4.78, 5) is 37.4. The standard InChI is InChI=1S/C27H20N4O4S/c1-14-6-11-18-19(13-14)36-27(29-18)31-23(16-7-9-17(32)10-8-16)21(25(34)26(31)35)24(33)22-15(2)28-20-5-3-4-12-30(20)22/h3-13,23,32-33H,1-2H3/b24-21+. The van der Waals surface area contributed by atoms with Crippen LogP contribution in [0.5, 0.6) is 5.75 Å². The van der Waals surface area contributed by atoms with Crippen molar-refractivity contribution in [1.29, 1.82) is 0 Å². The van der Waals surface area contributed by atoms with Gasteiger partial charge in [0.25, 0.3) is 5.78 Å². The van der Waals surface area contributed by atoms with Crippen LogP contribution in [0.15, 0.2) is 72.4 Å². The molecule has 1 amide bonds. The zero-order valence-electron chi connectivity index (χ0n) is 19.3. The number of benzene rings is 2. The number of fused-ring (bicyclic) bond motifs is 2. The molecule has 1 fully saturated rings. The van der Waals surface area contributed by atoms with E-state index in [0.717, 1.165) is 10.3 Å². The molecule has 9 heteroatoms. The molecule has 2 aromatic carbocycles. The molecule has 1 saturated heterocycles. The second kappa shape index (κ2) is 8.03. The Hall–Kier alpha value is -4.50. The topological polar surface area (TPSA) is 108 Å². The Balaban J connectivity index is 1.61. The van der Waals surface area contributed by atoms with E-state index in [1.165, 1.54) is 28.4 Å². The Morgan fingerprint density at radius 3 is 2.56 bits per heavy atom. The largest absolute Gasteiger partial charge is 0.508 e. The number of Topliss-reactive ketones (excluding diaryl/α,β-unsaturated/α-hetero) is 1. The van der Waals surface area contributed by atoms with E-state index in [-0.39, 0.29) is 17.1 Å². The van der Waals surface area contributed by atoms with Gasteiger partial charge in [-0.1, -0.05) is 35.6 Å². The van der Waals surface area contributed by atoms with Crippen LogP contribution in [0.4, 0.5) is 5.13 Å². The van der Waals surface area contributed by atoms with Crippen molar-refractivity contribution >= 4 is 49.8 Å². The highest BCUT2D eigenvalue weighted by molar-refractivity contribution is 7.22. The van der Waals surface area contributed by atoms with Gasteiger partial charge < -0.3 is 10.2 Å². The fourth-order valence-electron chi connectivity index (χ4n) is 4.65. The quantitative estimate of drug-likeness (QED) is 0.209. The molecule has 0 spiro atoms. The van der Waals surface area contributed by atoms with Crippen molar-refractivity contribution in [2.75, 3.05) is 4.90 Å². The first-order valence-corrected chi connectivity index (χ1v) is 12.1. The molecule has 2 N–H and O–H groups in total. The maximum atomic E-state index is 13.5. The number of hydrogen-bond donors (Lipinski definition) is 2. The number of aromatic nitrogens is 3. The van der Waals surface area contributed by atoms with Gasteiger partial charge in [-0.2, -0.15) is 0 Å². The lowest BCUT2D eigenvalue weighted by molar-refractivity contribution is -0.132. The highest BCUT2D eigenvalue weighted by Crippen LogP contribution is 2.44. The Labute approximate surface area is 209 Å². The number of aliphatic hydroxyl groups is 1. The zero-order valence-corrected chi connectivity index (χ0v) is 20.2. The molecule has 0 aliphatic carbocycles. The number of aromatic hydroxyl groups is 1. The van der Waals surface area contributed by atoms with Crippen molar-refractivity contribution in [3.05, 3.63) is 94.9 Å². The molecule has 6 rings (SSSR count). The molecule has 5 aromatic rings. The van der Waals surface area contributed by atoms with Gasteiger partial charge in [0.15, 0.2) is 10.9 Å². The number of carbonyl (C=O) groups excluding carboxylic acids is 2. The van der Waals surface area contributed by atoms with Crippen LogP contribution in [0.2, 0.25) is 0 Å². The first-order valence-electron chi connectivity index (χ1n) is 11.2. The van der Waals surface area contributed by atoms with Gasteiger partial charge >= 0.3 is 5.91 Å². The summed E-state index contributed by atoms with van der Waals surface area (Å²) in [6, 6.07) is 16.5. The number of aryl methyl sites for hydroxylation is 2. The van der Waals surface area contributed by atoms with Gasteiger partial charge in [-0.05, 0) is 61.4 Å². The molecule has 178 valence electrons. The fraction of sp³-hybridized carbons (Fsp3) is 0.111. The monoisotopic (exact) mass is 496 g/mol. The number of imidazole rings is 1. The van der Waals surface area contributed by atoms with Gasteiger partial charge in [0.05, 0.1) is 27.5 Å². The number of rotatable bonds is 3. The lowest BCUT2D eigenvalue weighted by Gasteiger charge is -2.23. The Morgan fingerprint density at radius 1 is 1.00 bits per heavy atom. The van der Waals surface area contributed by atoms with E-state index < -0.39 is 17.7 Å². The minimum atomic E-state index is -0.944. The number of anilines is 1. The van der Waals surface area contributed by atoms with Crippen LogP contribution in [0.3, 0.4) is 0 Å². The number of pyridine rings is 1.